The van der Waals surface area contributed by atoms with Crippen LogP contribution in [0.15, 0.2) is 60.0 Å². The van der Waals surface area contributed by atoms with Gasteiger partial charge in [-0.3, -0.25) is 19.7 Å². The van der Waals surface area contributed by atoms with E-state index in [9.17, 15) is 17.6 Å². The molecular weight excluding hydrogens is 421 g/mol. The average Bonchev–Trinajstić information content (AvgIpc) is 2.73. The number of carbonyl (C=O) groups is 1. The second-order valence-corrected chi connectivity index (χ2v) is 8.01. The Morgan fingerprint density at radius 2 is 1.90 bits per heavy atom. The number of amides is 1. The van der Waals surface area contributed by atoms with Crippen molar-refractivity contribution in [2.45, 2.75) is 18.0 Å². The third-order valence-electron chi connectivity index (χ3n) is 3.77. The maximum absolute atomic E-state index is 13.2. The van der Waals surface area contributed by atoms with E-state index in [4.69, 9.17) is 11.6 Å². The largest absolute Gasteiger partial charge is 0.345 e. The van der Waals surface area contributed by atoms with E-state index in [1.54, 1.807) is 6.07 Å². The van der Waals surface area contributed by atoms with E-state index in [0.29, 0.717) is 11.3 Å². The Labute approximate surface area is 171 Å². The highest BCUT2D eigenvalue weighted by Crippen LogP contribution is 2.19. The van der Waals surface area contributed by atoms with E-state index < -0.39 is 21.7 Å². The SMILES string of the molecule is O=C(NCc1cnccn1)c1ccc(CNS(=O)(=O)c2ccc(F)c(Cl)c2)cn1. The van der Waals surface area contributed by atoms with E-state index in [2.05, 4.69) is 25.0 Å². The summed E-state index contributed by atoms with van der Waals surface area (Å²) in [6.45, 7) is 0.141. The molecule has 1 amide bonds. The standard InChI is InChI=1S/C18H15ClFN5O3S/c19-15-7-14(2-3-16(15)20)29(27,28)25-9-12-1-4-17(23-8-12)18(26)24-11-13-10-21-5-6-22-13/h1-8,10,25H,9,11H2,(H,24,26). The van der Waals surface area contributed by atoms with E-state index in [1.165, 1.54) is 30.9 Å². The van der Waals surface area contributed by atoms with E-state index in [1.807, 2.05) is 0 Å². The minimum absolute atomic E-state index is 0.0637. The second kappa shape index (κ2) is 9.03. The zero-order chi connectivity index (χ0) is 20.9. The van der Waals surface area contributed by atoms with Gasteiger partial charge in [0.15, 0.2) is 0 Å². The number of halogens is 2. The van der Waals surface area contributed by atoms with Crippen LogP contribution in [0.1, 0.15) is 21.7 Å². The van der Waals surface area contributed by atoms with Crippen molar-refractivity contribution in [3.05, 3.63) is 82.9 Å². The first-order chi connectivity index (χ1) is 13.8. The van der Waals surface area contributed by atoms with Crippen LogP contribution in [-0.4, -0.2) is 29.3 Å². The molecule has 2 heterocycles. The number of sulfonamides is 1. The Morgan fingerprint density at radius 3 is 2.55 bits per heavy atom. The van der Waals surface area contributed by atoms with E-state index in [-0.39, 0.29) is 28.7 Å². The zero-order valence-corrected chi connectivity index (χ0v) is 16.4. The Kier molecular flexibility index (Phi) is 6.47. The molecule has 0 unspecified atom stereocenters. The highest BCUT2D eigenvalue weighted by Gasteiger charge is 2.16. The monoisotopic (exact) mass is 435 g/mol. The summed E-state index contributed by atoms with van der Waals surface area (Å²) in [6.07, 6.45) is 5.98. The molecule has 0 aliphatic rings. The third kappa shape index (κ3) is 5.53. The maximum Gasteiger partial charge on any atom is 0.270 e. The van der Waals surface area contributed by atoms with Crippen LogP contribution >= 0.6 is 11.6 Å². The van der Waals surface area contributed by atoms with Gasteiger partial charge in [-0.25, -0.2) is 17.5 Å². The fraction of sp³-hybridized carbons (Fsp3) is 0.111. The fourth-order valence-electron chi connectivity index (χ4n) is 2.25. The predicted molar refractivity (Wildman–Crippen MR) is 103 cm³/mol. The van der Waals surface area contributed by atoms with Crippen LogP contribution in [0.3, 0.4) is 0 Å². The summed E-state index contributed by atoms with van der Waals surface area (Å²) in [5.74, 6) is -1.10. The number of nitrogens with zero attached hydrogens (tertiary/aromatic N) is 3. The molecule has 0 saturated carbocycles. The molecule has 0 aliphatic heterocycles. The van der Waals surface area contributed by atoms with Crippen LogP contribution in [0.4, 0.5) is 4.39 Å². The summed E-state index contributed by atoms with van der Waals surface area (Å²) in [6, 6.07) is 6.18. The highest BCUT2D eigenvalue weighted by molar-refractivity contribution is 7.89. The summed E-state index contributed by atoms with van der Waals surface area (Å²) < 4.78 is 40.1. The predicted octanol–water partition coefficient (Wildman–Crippen LogP) is 2.07. The molecule has 0 aliphatic carbocycles. The lowest BCUT2D eigenvalue weighted by atomic mass is 10.2. The molecular formula is C18H15ClFN5O3S. The normalized spacial score (nSPS) is 11.2. The van der Waals surface area contributed by atoms with E-state index >= 15 is 0 Å². The van der Waals surface area contributed by atoms with Crippen molar-refractivity contribution < 1.29 is 17.6 Å². The average molecular weight is 436 g/mol. The van der Waals surface area contributed by atoms with Gasteiger partial charge < -0.3 is 5.32 Å². The molecule has 3 rings (SSSR count). The number of hydrogen-bond donors (Lipinski definition) is 2. The molecule has 2 aromatic heterocycles. The molecule has 0 fully saturated rings. The molecule has 0 spiro atoms. The van der Waals surface area contributed by atoms with Crippen molar-refractivity contribution in [1.29, 1.82) is 0 Å². The topological polar surface area (TPSA) is 114 Å². The Morgan fingerprint density at radius 1 is 1.07 bits per heavy atom. The molecule has 0 atom stereocenters. The van der Waals surface area contributed by atoms with Crippen LogP contribution < -0.4 is 10.0 Å². The van der Waals surface area contributed by atoms with Gasteiger partial charge in [-0.1, -0.05) is 17.7 Å². The molecule has 8 nitrogen and oxygen atoms in total. The van der Waals surface area contributed by atoms with Gasteiger partial charge >= 0.3 is 0 Å². The van der Waals surface area contributed by atoms with Crippen LogP contribution in [-0.2, 0) is 23.1 Å². The van der Waals surface area contributed by atoms with Crippen LogP contribution in [0.2, 0.25) is 5.02 Å². The van der Waals surface area contributed by atoms with Gasteiger partial charge in [-0.15, -0.1) is 0 Å². The minimum Gasteiger partial charge on any atom is -0.345 e. The van der Waals surface area contributed by atoms with Gasteiger partial charge in [0.2, 0.25) is 10.0 Å². The smallest absolute Gasteiger partial charge is 0.270 e. The van der Waals surface area contributed by atoms with Gasteiger partial charge in [0, 0.05) is 25.1 Å². The molecule has 2 N–H and O–H groups in total. The van der Waals surface area contributed by atoms with Gasteiger partial charge in [-0.05, 0) is 29.8 Å². The van der Waals surface area contributed by atoms with Crippen molar-refractivity contribution in [3.8, 4) is 0 Å². The molecule has 0 bridgehead atoms. The molecule has 3 aromatic rings. The first-order valence-corrected chi connectivity index (χ1v) is 10.1. The van der Waals surface area contributed by atoms with Gasteiger partial charge in [0.25, 0.3) is 5.91 Å². The Hall–Kier alpha value is -2.95. The minimum atomic E-state index is -3.88. The molecule has 11 heteroatoms. The summed E-state index contributed by atoms with van der Waals surface area (Å²) >= 11 is 5.63. The lowest BCUT2D eigenvalue weighted by Crippen LogP contribution is -2.25. The second-order valence-electron chi connectivity index (χ2n) is 5.83. The number of rotatable bonds is 7. The van der Waals surface area contributed by atoms with Crippen molar-refractivity contribution in [3.63, 3.8) is 0 Å². The first kappa shape index (κ1) is 20.8. The van der Waals surface area contributed by atoms with Crippen molar-refractivity contribution >= 4 is 27.5 Å². The Balaban J connectivity index is 1.58. The van der Waals surface area contributed by atoms with E-state index in [0.717, 1.165) is 18.2 Å². The van der Waals surface area contributed by atoms with Crippen molar-refractivity contribution in [1.82, 2.24) is 25.0 Å². The third-order valence-corrected chi connectivity index (χ3v) is 5.46. The first-order valence-electron chi connectivity index (χ1n) is 8.28. The Bertz CT molecular complexity index is 1110. The van der Waals surface area contributed by atoms with Crippen LogP contribution in [0.5, 0.6) is 0 Å². The van der Waals surface area contributed by atoms with Gasteiger partial charge in [0.05, 0.1) is 28.4 Å². The molecule has 1 aromatic carbocycles. The molecule has 150 valence electrons. The molecule has 0 saturated heterocycles. The number of pyridine rings is 1. The number of nitrogens with one attached hydrogen (secondary N) is 2. The quantitative estimate of drug-likeness (QED) is 0.587. The fourth-order valence-corrected chi connectivity index (χ4v) is 3.54. The summed E-state index contributed by atoms with van der Waals surface area (Å²) in [7, 11) is -3.88. The number of aromatic nitrogens is 3. The number of hydrogen-bond acceptors (Lipinski definition) is 6. The van der Waals surface area contributed by atoms with Gasteiger partial charge in [-0.2, -0.15) is 0 Å². The molecule has 0 radical (unpaired) electrons. The van der Waals surface area contributed by atoms with Crippen LogP contribution in [0, 0.1) is 5.82 Å². The lowest BCUT2D eigenvalue weighted by molar-refractivity contribution is 0.0945. The van der Waals surface area contributed by atoms with Crippen molar-refractivity contribution in [2.75, 3.05) is 0 Å². The number of carbonyl (C=O) groups excluding carboxylic acids is 1. The summed E-state index contributed by atoms with van der Waals surface area (Å²) in [5.41, 5.74) is 1.31. The van der Waals surface area contributed by atoms with Gasteiger partial charge in [0.1, 0.15) is 11.5 Å². The summed E-state index contributed by atoms with van der Waals surface area (Å²) in [5, 5.41) is 2.38. The van der Waals surface area contributed by atoms with Crippen LogP contribution in [0.25, 0.3) is 0 Å². The molecule has 29 heavy (non-hydrogen) atoms. The number of benzene rings is 1. The zero-order valence-electron chi connectivity index (χ0n) is 14.8. The highest BCUT2D eigenvalue weighted by atomic mass is 35.5. The lowest BCUT2D eigenvalue weighted by Gasteiger charge is -2.08. The summed E-state index contributed by atoms with van der Waals surface area (Å²) in [4.78, 5) is 24.0. The van der Waals surface area contributed by atoms with Crippen molar-refractivity contribution in [2.24, 2.45) is 0 Å². The maximum atomic E-state index is 13.2.